The second-order valence-electron chi connectivity index (χ2n) is 7.23. The minimum atomic E-state index is -0.252. The molecule has 1 unspecified atom stereocenters. The molecule has 3 aromatic rings. The van der Waals surface area contributed by atoms with Gasteiger partial charge < -0.3 is 9.64 Å². The molecule has 3 heterocycles. The van der Waals surface area contributed by atoms with Gasteiger partial charge >= 0.3 is 0 Å². The van der Waals surface area contributed by atoms with Gasteiger partial charge in [0.15, 0.2) is 0 Å². The van der Waals surface area contributed by atoms with Crippen LogP contribution >= 0.6 is 34.3 Å². The van der Waals surface area contributed by atoms with Crippen molar-refractivity contribution in [3.8, 4) is 0 Å². The number of hydrogen-bond acceptors (Lipinski definition) is 6. The van der Waals surface area contributed by atoms with Crippen LogP contribution in [0.1, 0.15) is 32.6 Å². The number of rotatable bonds is 8. The number of hydrazone groups is 1. The molecular weight excluding hydrogens is 466 g/mol. The van der Waals surface area contributed by atoms with E-state index < -0.39 is 0 Å². The van der Waals surface area contributed by atoms with E-state index >= 15 is 0 Å². The van der Waals surface area contributed by atoms with Crippen molar-refractivity contribution in [1.29, 1.82) is 0 Å². The van der Waals surface area contributed by atoms with Crippen LogP contribution in [-0.4, -0.2) is 54.2 Å². The summed E-state index contributed by atoms with van der Waals surface area (Å²) in [6, 6.07) is 14.8. The van der Waals surface area contributed by atoms with Crippen molar-refractivity contribution in [2.45, 2.75) is 12.5 Å². The molecule has 1 aromatic carbocycles. The van der Waals surface area contributed by atoms with E-state index in [1.165, 1.54) is 21.2 Å². The Bertz CT molecular complexity index is 1080. The predicted octanol–water partition coefficient (Wildman–Crippen LogP) is 4.93. The average Bonchev–Trinajstić information content (AvgIpc) is 3.57. The SMILES string of the molecule is COCCN(CC(=O)N1N=C(c2cccs2)CC1c1ccc(Cl)cc1)C(=O)c1cccs1. The van der Waals surface area contributed by atoms with E-state index in [1.54, 1.807) is 24.5 Å². The van der Waals surface area contributed by atoms with E-state index in [0.29, 0.717) is 29.5 Å². The second kappa shape index (κ2) is 10.4. The second-order valence-corrected chi connectivity index (χ2v) is 9.56. The fourth-order valence-corrected chi connectivity index (χ4v) is 5.06. The molecule has 32 heavy (non-hydrogen) atoms. The van der Waals surface area contributed by atoms with Crippen LogP contribution in [-0.2, 0) is 9.53 Å². The Morgan fingerprint density at radius 3 is 2.56 bits per heavy atom. The van der Waals surface area contributed by atoms with Gasteiger partial charge in [-0.05, 0) is 40.6 Å². The first-order chi connectivity index (χ1) is 15.6. The molecule has 1 aliphatic rings. The number of ether oxygens (including phenoxy) is 1. The highest BCUT2D eigenvalue weighted by Gasteiger charge is 2.34. The fraction of sp³-hybridized carbons (Fsp3) is 0.261. The molecule has 6 nitrogen and oxygen atoms in total. The van der Waals surface area contributed by atoms with Crippen molar-refractivity contribution >= 4 is 51.8 Å². The number of halogens is 1. The van der Waals surface area contributed by atoms with E-state index in [4.69, 9.17) is 16.3 Å². The van der Waals surface area contributed by atoms with Crippen LogP contribution in [0.2, 0.25) is 5.02 Å². The van der Waals surface area contributed by atoms with Crippen LogP contribution in [0.5, 0.6) is 0 Å². The summed E-state index contributed by atoms with van der Waals surface area (Å²) in [6.07, 6.45) is 0.602. The smallest absolute Gasteiger partial charge is 0.264 e. The van der Waals surface area contributed by atoms with Crippen LogP contribution in [0, 0.1) is 0 Å². The maximum atomic E-state index is 13.4. The number of carbonyl (C=O) groups is 2. The molecule has 166 valence electrons. The quantitative estimate of drug-likeness (QED) is 0.452. The Labute approximate surface area is 199 Å². The molecular formula is C23H22ClN3O3S2. The molecule has 2 aromatic heterocycles. The maximum Gasteiger partial charge on any atom is 0.264 e. The molecule has 9 heteroatoms. The summed E-state index contributed by atoms with van der Waals surface area (Å²) >= 11 is 9.01. The van der Waals surface area contributed by atoms with Gasteiger partial charge in [0, 0.05) is 25.1 Å². The molecule has 0 bridgehead atoms. The zero-order valence-electron chi connectivity index (χ0n) is 17.4. The molecule has 0 spiro atoms. The van der Waals surface area contributed by atoms with Gasteiger partial charge in [0.1, 0.15) is 6.54 Å². The molecule has 0 saturated heterocycles. The van der Waals surface area contributed by atoms with E-state index in [0.717, 1.165) is 16.2 Å². The maximum absolute atomic E-state index is 13.4. The highest BCUT2D eigenvalue weighted by Crippen LogP contribution is 2.34. The summed E-state index contributed by atoms with van der Waals surface area (Å²) in [5.41, 5.74) is 1.81. The van der Waals surface area contributed by atoms with Gasteiger partial charge in [-0.1, -0.05) is 35.9 Å². The molecule has 0 saturated carbocycles. The van der Waals surface area contributed by atoms with Crippen molar-refractivity contribution in [1.82, 2.24) is 9.91 Å². The molecule has 0 radical (unpaired) electrons. The third-order valence-electron chi connectivity index (χ3n) is 5.14. The lowest BCUT2D eigenvalue weighted by molar-refractivity contribution is -0.133. The standard InChI is InChI=1S/C23H22ClN3O3S2/c1-30-11-10-26(23(29)21-5-3-13-32-21)15-22(28)27-19(16-6-8-17(24)9-7-16)14-18(25-27)20-4-2-12-31-20/h2-9,12-13,19H,10-11,14-15H2,1H3. The first-order valence-corrected chi connectivity index (χ1v) is 12.2. The van der Waals surface area contributed by atoms with Crippen LogP contribution in [0.15, 0.2) is 64.4 Å². The first kappa shape index (κ1) is 22.7. The van der Waals surface area contributed by atoms with Crippen LogP contribution in [0.4, 0.5) is 0 Å². The Hall–Kier alpha value is -2.52. The van der Waals surface area contributed by atoms with E-state index in [1.807, 2.05) is 53.2 Å². The van der Waals surface area contributed by atoms with Gasteiger partial charge in [-0.2, -0.15) is 5.10 Å². The van der Waals surface area contributed by atoms with E-state index in [2.05, 4.69) is 5.10 Å². The number of hydrogen-bond donors (Lipinski definition) is 0. The summed E-state index contributed by atoms with van der Waals surface area (Å²) in [4.78, 5) is 29.5. The highest BCUT2D eigenvalue weighted by atomic mass is 35.5. The van der Waals surface area contributed by atoms with Crippen molar-refractivity contribution < 1.29 is 14.3 Å². The van der Waals surface area contributed by atoms with Gasteiger partial charge in [0.05, 0.1) is 28.1 Å². The Balaban J connectivity index is 1.59. The van der Waals surface area contributed by atoms with Crippen molar-refractivity contribution in [3.05, 3.63) is 79.6 Å². The lowest BCUT2D eigenvalue weighted by Crippen LogP contribution is -2.42. The topological polar surface area (TPSA) is 62.2 Å². The van der Waals surface area contributed by atoms with E-state index in [-0.39, 0.29) is 24.4 Å². The van der Waals surface area contributed by atoms with Crippen molar-refractivity contribution in [2.24, 2.45) is 5.10 Å². The van der Waals surface area contributed by atoms with Crippen LogP contribution in [0.3, 0.4) is 0 Å². The summed E-state index contributed by atoms with van der Waals surface area (Å²) in [7, 11) is 1.57. The lowest BCUT2D eigenvalue weighted by Gasteiger charge is -2.26. The van der Waals surface area contributed by atoms with Crippen molar-refractivity contribution in [2.75, 3.05) is 26.8 Å². The average molecular weight is 488 g/mol. The number of methoxy groups -OCH3 is 1. The van der Waals surface area contributed by atoms with Crippen molar-refractivity contribution in [3.63, 3.8) is 0 Å². The third kappa shape index (κ3) is 5.10. The zero-order chi connectivity index (χ0) is 22.5. The third-order valence-corrected chi connectivity index (χ3v) is 7.17. The van der Waals surface area contributed by atoms with Gasteiger partial charge in [-0.15, -0.1) is 22.7 Å². The summed E-state index contributed by atoms with van der Waals surface area (Å²) in [5.74, 6) is -0.424. The number of amides is 2. The number of carbonyl (C=O) groups excluding carboxylic acids is 2. The first-order valence-electron chi connectivity index (χ1n) is 10.1. The minimum absolute atomic E-state index is 0.0780. The molecule has 0 fully saturated rings. The largest absolute Gasteiger partial charge is 0.383 e. The molecule has 0 aliphatic carbocycles. The molecule has 1 aliphatic heterocycles. The minimum Gasteiger partial charge on any atom is -0.383 e. The van der Waals surface area contributed by atoms with Gasteiger partial charge in [-0.25, -0.2) is 5.01 Å². The monoisotopic (exact) mass is 487 g/mol. The van der Waals surface area contributed by atoms with Gasteiger partial charge in [-0.3, -0.25) is 9.59 Å². The number of thiophene rings is 2. The summed E-state index contributed by atoms with van der Waals surface area (Å²) in [5, 5.41) is 10.7. The fourth-order valence-electron chi connectivity index (χ4n) is 3.52. The van der Waals surface area contributed by atoms with Gasteiger partial charge in [0.2, 0.25) is 0 Å². The van der Waals surface area contributed by atoms with Gasteiger partial charge in [0.25, 0.3) is 11.8 Å². The summed E-state index contributed by atoms with van der Waals surface area (Å²) in [6.45, 7) is 0.583. The normalized spacial score (nSPS) is 15.6. The Morgan fingerprint density at radius 1 is 1.16 bits per heavy atom. The zero-order valence-corrected chi connectivity index (χ0v) is 19.8. The molecule has 1 atom stereocenters. The molecule has 0 N–H and O–H groups in total. The number of benzene rings is 1. The Morgan fingerprint density at radius 2 is 1.91 bits per heavy atom. The van der Waals surface area contributed by atoms with Crippen LogP contribution < -0.4 is 0 Å². The lowest BCUT2D eigenvalue weighted by atomic mass is 10.0. The molecule has 4 rings (SSSR count). The predicted molar refractivity (Wildman–Crippen MR) is 129 cm³/mol. The van der Waals surface area contributed by atoms with Crippen LogP contribution in [0.25, 0.3) is 0 Å². The number of nitrogens with zero attached hydrogens (tertiary/aromatic N) is 3. The molecule has 2 amide bonds. The highest BCUT2D eigenvalue weighted by molar-refractivity contribution is 7.12. The van der Waals surface area contributed by atoms with E-state index in [9.17, 15) is 9.59 Å². The summed E-state index contributed by atoms with van der Waals surface area (Å²) < 4.78 is 5.16. The Kier molecular flexibility index (Phi) is 7.36.